The minimum Gasteiger partial charge on any atom is -0.323 e. The molecule has 0 radical (unpaired) electrons. The quantitative estimate of drug-likeness (QED) is 0.822. The van der Waals surface area contributed by atoms with E-state index >= 15 is 0 Å². The summed E-state index contributed by atoms with van der Waals surface area (Å²) >= 11 is 0. The summed E-state index contributed by atoms with van der Waals surface area (Å²) in [6.07, 6.45) is 3.02. The molecule has 0 amide bonds. The van der Waals surface area contributed by atoms with Crippen LogP contribution in [0.1, 0.15) is 42.0 Å². The van der Waals surface area contributed by atoms with Gasteiger partial charge in [-0.25, -0.2) is 0 Å². The van der Waals surface area contributed by atoms with Gasteiger partial charge in [0.15, 0.2) is 0 Å². The second-order valence-corrected chi connectivity index (χ2v) is 4.96. The van der Waals surface area contributed by atoms with Crippen LogP contribution in [0.25, 0.3) is 0 Å². The van der Waals surface area contributed by atoms with E-state index in [9.17, 15) is 5.26 Å². The van der Waals surface area contributed by atoms with Crippen LogP contribution in [0.15, 0.2) is 18.2 Å². The highest BCUT2D eigenvalue weighted by molar-refractivity contribution is 5.36. The highest BCUT2D eigenvalue weighted by Crippen LogP contribution is 2.49. The lowest BCUT2D eigenvalue weighted by Gasteiger charge is -2.40. The van der Waals surface area contributed by atoms with Crippen molar-refractivity contribution >= 4 is 0 Å². The van der Waals surface area contributed by atoms with E-state index in [1.165, 1.54) is 11.1 Å². The van der Waals surface area contributed by atoms with Crippen molar-refractivity contribution in [1.29, 1.82) is 5.26 Å². The highest BCUT2D eigenvalue weighted by atomic mass is 14.7. The van der Waals surface area contributed by atoms with Crippen molar-refractivity contribution in [2.24, 2.45) is 11.1 Å². The zero-order valence-electron chi connectivity index (χ0n) is 9.96. The van der Waals surface area contributed by atoms with Crippen LogP contribution in [-0.2, 0) is 0 Å². The topological polar surface area (TPSA) is 49.8 Å². The van der Waals surface area contributed by atoms with Gasteiger partial charge < -0.3 is 5.73 Å². The van der Waals surface area contributed by atoms with E-state index in [1.807, 2.05) is 0 Å². The summed E-state index contributed by atoms with van der Waals surface area (Å²) in [4.78, 5) is 0. The summed E-state index contributed by atoms with van der Waals surface area (Å²) in [6, 6.07) is 8.60. The molecule has 84 valence electrons. The van der Waals surface area contributed by atoms with Crippen molar-refractivity contribution in [1.82, 2.24) is 0 Å². The minimum absolute atomic E-state index is 0.133. The standard InChI is InChI=1S/C14H18N2/c1-10-4-5-11(2)12(8-10)13(16)14(9-15)6-3-7-14/h4-5,8,13H,3,6-7,16H2,1-2H3. The summed E-state index contributed by atoms with van der Waals surface area (Å²) < 4.78 is 0. The van der Waals surface area contributed by atoms with Crippen LogP contribution in [0, 0.1) is 30.6 Å². The number of hydrogen-bond donors (Lipinski definition) is 1. The first-order valence-electron chi connectivity index (χ1n) is 5.83. The van der Waals surface area contributed by atoms with Crippen LogP contribution in [0.4, 0.5) is 0 Å². The summed E-state index contributed by atoms with van der Waals surface area (Å²) in [5.41, 5.74) is 9.53. The zero-order chi connectivity index (χ0) is 11.8. The molecule has 1 aromatic carbocycles. The third-order valence-corrected chi connectivity index (χ3v) is 3.83. The second kappa shape index (κ2) is 3.92. The first kappa shape index (κ1) is 11.2. The molecule has 0 saturated heterocycles. The molecular formula is C14H18N2. The Bertz CT molecular complexity index is 439. The smallest absolute Gasteiger partial charge is 0.0766 e. The molecule has 2 N–H and O–H groups in total. The average molecular weight is 214 g/mol. The van der Waals surface area contributed by atoms with Crippen molar-refractivity contribution < 1.29 is 0 Å². The normalized spacial score (nSPS) is 19.6. The van der Waals surface area contributed by atoms with E-state index < -0.39 is 0 Å². The van der Waals surface area contributed by atoms with Gasteiger partial charge >= 0.3 is 0 Å². The van der Waals surface area contributed by atoms with Crippen LogP contribution < -0.4 is 5.73 Å². The fourth-order valence-corrected chi connectivity index (χ4v) is 2.44. The van der Waals surface area contributed by atoms with Gasteiger partial charge in [0.1, 0.15) is 0 Å². The number of nitriles is 1. The summed E-state index contributed by atoms with van der Waals surface area (Å²) in [7, 11) is 0. The molecule has 2 heteroatoms. The molecule has 0 aromatic heterocycles. The van der Waals surface area contributed by atoms with Crippen molar-refractivity contribution in [3.05, 3.63) is 34.9 Å². The molecule has 1 saturated carbocycles. The maximum Gasteiger partial charge on any atom is 0.0766 e. The number of hydrogen-bond acceptors (Lipinski definition) is 2. The summed E-state index contributed by atoms with van der Waals surface area (Å²) in [6.45, 7) is 4.13. The van der Waals surface area contributed by atoms with E-state index in [0.717, 1.165) is 24.8 Å². The number of aryl methyl sites for hydroxylation is 2. The lowest BCUT2D eigenvalue weighted by molar-refractivity contribution is 0.168. The second-order valence-electron chi connectivity index (χ2n) is 4.96. The first-order chi connectivity index (χ1) is 7.59. The molecule has 1 aliphatic carbocycles. The lowest BCUT2D eigenvalue weighted by Crippen LogP contribution is -2.39. The molecule has 1 aliphatic rings. The Labute approximate surface area is 97.1 Å². The Balaban J connectivity index is 2.37. The van der Waals surface area contributed by atoms with Gasteiger partial charge in [-0.3, -0.25) is 0 Å². The molecule has 16 heavy (non-hydrogen) atoms. The number of rotatable bonds is 2. The Morgan fingerprint density at radius 2 is 2.06 bits per heavy atom. The van der Waals surface area contributed by atoms with Crippen molar-refractivity contribution in [3.63, 3.8) is 0 Å². The van der Waals surface area contributed by atoms with Gasteiger partial charge in [-0.2, -0.15) is 5.26 Å². The SMILES string of the molecule is Cc1ccc(C)c(C(N)C2(C#N)CCC2)c1. The fourth-order valence-electron chi connectivity index (χ4n) is 2.44. The maximum atomic E-state index is 9.30. The molecule has 0 spiro atoms. The first-order valence-corrected chi connectivity index (χ1v) is 5.83. The van der Waals surface area contributed by atoms with Crippen LogP contribution in [0.3, 0.4) is 0 Å². The van der Waals surface area contributed by atoms with Gasteiger partial charge in [-0.05, 0) is 37.8 Å². The van der Waals surface area contributed by atoms with E-state index in [2.05, 4.69) is 38.1 Å². The molecule has 0 aliphatic heterocycles. The monoisotopic (exact) mass is 214 g/mol. The fraction of sp³-hybridized carbons (Fsp3) is 0.500. The molecule has 1 aromatic rings. The zero-order valence-corrected chi connectivity index (χ0v) is 9.96. The largest absolute Gasteiger partial charge is 0.323 e. The van der Waals surface area contributed by atoms with E-state index in [-0.39, 0.29) is 11.5 Å². The molecule has 0 heterocycles. The van der Waals surface area contributed by atoms with Gasteiger partial charge in [-0.15, -0.1) is 0 Å². The third kappa shape index (κ3) is 1.62. The predicted octanol–water partition coefficient (Wildman–Crippen LogP) is 3.00. The summed E-state index contributed by atoms with van der Waals surface area (Å²) in [5.74, 6) is 0. The van der Waals surface area contributed by atoms with Crippen molar-refractivity contribution in [3.8, 4) is 6.07 Å². The minimum atomic E-state index is -0.307. The lowest BCUT2D eigenvalue weighted by atomic mass is 9.63. The van der Waals surface area contributed by atoms with Gasteiger partial charge in [-0.1, -0.05) is 30.2 Å². The Hall–Kier alpha value is -1.33. The van der Waals surface area contributed by atoms with E-state index in [0.29, 0.717) is 0 Å². The molecule has 1 fully saturated rings. The van der Waals surface area contributed by atoms with Gasteiger partial charge in [0.05, 0.1) is 11.5 Å². The molecule has 2 nitrogen and oxygen atoms in total. The van der Waals surface area contributed by atoms with Crippen molar-refractivity contribution in [2.75, 3.05) is 0 Å². The molecule has 1 unspecified atom stereocenters. The number of nitrogens with two attached hydrogens (primary N) is 1. The van der Waals surface area contributed by atoms with Crippen LogP contribution in [0.5, 0.6) is 0 Å². The average Bonchev–Trinajstić information content (AvgIpc) is 2.21. The highest BCUT2D eigenvalue weighted by Gasteiger charge is 2.43. The Morgan fingerprint density at radius 3 is 2.56 bits per heavy atom. The molecular weight excluding hydrogens is 196 g/mol. The van der Waals surface area contributed by atoms with Crippen LogP contribution >= 0.6 is 0 Å². The van der Waals surface area contributed by atoms with Crippen molar-refractivity contribution in [2.45, 2.75) is 39.2 Å². The third-order valence-electron chi connectivity index (χ3n) is 3.83. The maximum absolute atomic E-state index is 9.30. The predicted molar refractivity (Wildman–Crippen MR) is 64.7 cm³/mol. The summed E-state index contributed by atoms with van der Waals surface area (Å²) in [5, 5.41) is 9.30. The van der Waals surface area contributed by atoms with Gasteiger partial charge in [0, 0.05) is 6.04 Å². The molecule has 1 atom stereocenters. The van der Waals surface area contributed by atoms with Crippen LogP contribution in [-0.4, -0.2) is 0 Å². The number of nitrogens with zero attached hydrogens (tertiary/aromatic N) is 1. The number of benzene rings is 1. The van der Waals surface area contributed by atoms with Gasteiger partial charge in [0.25, 0.3) is 0 Å². The van der Waals surface area contributed by atoms with E-state index in [1.54, 1.807) is 0 Å². The Kier molecular flexibility index (Phi) is 2.73. The molecule has 2 rings (SSSR count). The Morgan fingerprint density at radius 1 is 1.38 bits per heavy atom. The molecule has 0 bridgehead atoms. The van der Waals surface area contributed by atoms with Crippen LogP contribution in [0.2, 0.25) is 0 Å². The van der Waals surface area contributed by atoms with E-state index in [4.69, 9.17) is 5.73 Å². The van der Waals surface area contributed by atoms with Gasteiger partial charge in [0.2, 0.25) is 0 Å².